The Labute approximate surface area is 143 Å². The number of nitrogens with one attached hydrogen (secondary N) is 1. The van der Waals surface area contributed by atoms with Crippen LogP contribution in [0, 0.1) is 11.8 Å². The fourth-order valence-electron chi connectivity index (χ4n) is 2.53. The number of fused-ring (bicyclic) bond motifs is 1. The van der Waals surface area contributed by atoms with E-state index in [1.165, 1.54) is 4.88 Å². The summed E-state index contributed by atoms with van der Waals surface area (Å²) in [5, 5.41) is 14.6. The maximum Gasteiger partial charge on any atom is 0.122 e. The minimum absolute atomic E-state index is 0.0815. The zero-order chi connectivity index (χ0) is 16.9. The van der Waals surface area contributed by atoms with E-state index in [1.807, 2.05) is 19.1 Å². The van der Waals surface area contributed by atoms with Crippen molar-refractivity contribution in [1.82, 2.24) is 10.2 Å². The van der Waals surface area contributed by atoms with E-state index >= 15 is 0 Å². The lowest BCUT2D eigenvalue weighted by atomic mass is 10.1. The van der Waals surface area contributed by atoms with Crippen molar-refractivity contribution in [2.45, 2.75) is 32.4 Å². The van der Waals surface area contributed by atoms with E-state index in [2.05, 4.69) is 20.7 Å². The van der Waals surface area contributed by atoms with Gasteiger partial charge in [0, 0.05) is 10.9 Å². The van der Waals surface area contributed by atoms with Crippen molar-refractivity contribution in [1.29, 1.82) is 0 Å². The summed E-state index contributed by atoms with van der Waals surface area (Å²) in [7, 11) is 0. The van der Waals surface area contributed by atoms with Crippen molar-refractivity contribution in [2.24, 2.45) is 10.9 Å². The van der Waals surface area contributed by atoms with Crippen molar-refractivity contribution in [3.05, 3.63) is 45.7 Å². The van der Waals surface area contributed by atoms with Gasteiger partial charge in [0.2, 0.25) is 0 Å². The van der Waals surface area contributed by atoms with Gasteiger partial charge in [0.1, 0.15) is 11.3 Å². The Hall–Kier alpha value is -2.32. The molecule has 3 rings (SSSR count). The SMILES string of the molecule is Cc1c(CC(N)CCN=O)sc2c(NCc3ccco3)cnnc12. The number of nitrogens with two attached hydrogens (primary N) is 1. The summed E-state index contributed by atoms with van der Waals surface area (Å²) < 4.78 is 6.40. The van der Waals surface area contributed by atoms with Gasteiger partial charge in [-0.2, -0.15) is 10.0 Å². The van der Waals surface area contributed by atoms with Crippen LogP contribution in [0.5, 0.6) is 0 Å². The fraction of sp³-hybridized carbons (Fsp3) is 0.375. The Bertz CT molecular complexity index is 815. The molecule has 1 atom stereocenters. The molecule has 0 bridgehead atoms. The van der Waals surface area contributed by atoms with Crippen LogP contribution >= 0.6 is 11.3 Å². The van der Waals surface area contributed by atoms with Crippen molar-refractivity contribution in [2.75, 3.05) is 11.9 Å². The molecule has 0 saturated heterocycles. The highest BCUT2D eigenvalue weighted by Crippen LogP contribution is 2.34. The summed E-state index contributed by atoms with van der Waals surface area (Å²) in [6.45, 7) is 2.87. The molecule has 3 aromatic rings. The van der Waals surface area contributed by atoms with Gasteiger partial charge in [0.05, 0.1) is 35.9 Å². The number of nitroso groups, excluding NO2 is 1. The van der Waals surface area contributed by atoms with Gasteiger partial charge in [0.25, 0.3) is 0 Å². The molecule has 0 spiro atoms. The molecular formula is C16H19N5O2S. The molecule has 0 aliphatic rings. The molecule has 0 saturated carbocycles. The van der Waals surface area contributed by atoms with Crippen molar-refractivity contribution < 1.29 is 4.42 Å². The van der Waals surface area contributed by atoms with Gasteiger partial charge < -0.3 is 15.5 Å². The van der Waals surface area contributed by atoms with Crippen LogP contribution in [-0.2, 0) is 13.0 Å². The second kappa shape index (κ2) is 7.50. The van der Waals surface area contributed by atoms with E-state index in [0.29, 0.717) is 19.4 Å². The minimum atomic E-state index is -0.0815. The molecular weight excluding hydrogens is 326 g/mol. The largest absolute Gasteiger partial charge is 0.467 e. The number of aromatic nitrogens is 2. The van der Waals surface area contributed by atoms with Crippen molar-refractivity contribution in [3.63, 3.8) is 0 Å². The average molecular weight is 345 g/mol. The molecule has 0 aliphatic carbocycles. The van der Waals surface area contributed by atoms with E-state index in [-0.39, 0.29) is 12.6 Å². The second-order valence-electron chi connectivity index (χ2n) is 5.62. The third-order valence-electron chi connectivity index (χ3n) is 3.87. The van der Waals surface area contributed by atoms with Gasteiger partial charge >= 0.3 is 0 Å². The fourth-order valence-corrected chi connectivity index (χ4v) is 3.85. The van der Waals surface area contributed by atoms with Gasteiger partial charge in [-0.05, 0) is 37.5 Å². The van der Waals surface area contributed by atoms with E-state index in [4.69, 9.17) is 10.2 Å². The number of hydrogen-bond donors (Lipinski definition) is 2. The summed E-state index contributed by atoms with van der Waals surface area (Å²) in [4.78, 5) is 11.4. The Balaban J connectivity index is 1.81. The van der Waals surface area contributed by atoms with Crippen LogP contribution in [0.1, 0.15) is 22.6 Å². The van der Waals surface area contributed by atoms with E-state index in [0.717, 1.165) is 27.2 Å². The highest BCUT2D eigenvalue weighted by molar-refractivity contribution is 7.19. The van der Waals surface area contributed by atoms with Crippen LogP contribution < -0.4 is 11.1 Å². The first-order valence-corrected chi connectivity index (χ1v) is 8.55. The molecule has 0 aliphatic heterocycles. The zero-order valence-electron chi connectivity index (χ0n) is 13.4. The van der Waals surface area contributed by atoms with Crippen LogP contribution in [-0.4, -0.2) is 22.8 Å². The van der Waals surface area contributed by atoms with E-state index in [1.54, 1.807) is 23.8 Å². The normalized spacial score (nSPS) is 12.4. The Kier molecular flexibility index (Phi) is 5.17. The molecule has 3 aromatic heterocycles. The van der Waals surface area contributed by atoms with Crippen LogP contribution in [0.15, 0.2) is 34.2 Å². The molecule has 1 unspecified atom stereocenters. The van der Waals surface area contributed by atoms with E-state index < -0.39 is 0 Å². The molecule has 24 heavy (non-hydrogen) atoms. The summed E-state index contributed by atoms with van der Waals surface area (Å²) in [5.74, 6) is 0.858. The molecule has 0 fully saturated rings. The minimum Gasteiger partial charge on any atom is -0.467 e. The zero-order valence-corrected chi connectivity index (χ0v) is 14.2. The molecule has 0 aromatic carbocycles. The molecule has 0 radical (unpaired) electrons. The lowest BCUT2D eigenvalue weighted by Crippen LogP contribution is -2.23. The summed E-state index contributed by atoms with van der Waals surface area (Å²) >= 11 is 1.67. The van der Waals surface area contributed by atoms with Crippen molar-refractivity contribution >= 4 is 27.2 Å². The Morgan fingerprint density at radius 2 is 2.38 bits per heavy atom. The quantitative estimate of drug-likeness (QED) is 0.607. The summed E-state index contributed by atoms with van der Waals surface area (Å²) in [5.41, 5.74) is 9.00. The number of thiophene rings is 1. The number of nitrogens with zero attached hydrogens (tertiary/aromatic N) is 3. The maximum absolute atomic E-state index is 10.2. The Morgan fingerprint density at radius 1 is 1.50 bits per heavy atom. The lowest BCUT2D eigenvalue weighted by molar-refractivity contribution is 0.518. The number of hydrogen-bond acceptors (Lipinski definition) is 8. The van der Waals surface area contributed by atoms with Gasteiger partial charge in [0.15, 0.2) is 0 Å². The van der Waals surface area contributed by atoms with Crippen LogP contribution in [0.25, 0.3) is 10.2 Å². The maximum atomic E-state index is 10.2. The Morgan fingerprint density at radius 3 is 3.12 bits per heavy atom. The smallest absolute Gasteiger partial charge is 0.122 e. The topological polar surface area (TPSA) is 106 Å². The molecule has 126 valence electrons. The third-order valence-corrected chi connectivity index (χ3v) is 5.21. The monoisotopic (exact) mass is 345 g/mol. The second-order valence-corrected chi connectivity index (χ2v) is 6.73. The number of furan rings is 1. The summed E-state index contributed by atoms with van der Waals surface area (Å²) in [6, 6.07) is 3.70. The lowest BCUT2D eigenvalue weighted by Gasteiger charge is -2.08. The average Bonchev–Trinajstić information content (AvgIpc) is 3.20. The van der Waals surface area contributed by atoms with E-state index in [9.17, 15) is 4.91 Å². The number of aryl methyl sites for hydroxylation is 1. The highest BCUT2D eigenvalue weighted by Gasteiger charge is 2.16. The number of rotatable bonds is 8. The first-order valence-electron chi connectivity index (χ1n) is 7.73. The van der Waals surface area contributed by atoms with Gasteiger partial charge in [-0.15, -0.1) is 16.4 Å². The van der Waals surface area contributed by atoms with Crippen LogP contribution in [0.3, 0.4) is 0 Å². The molecule has 3 heterocycles. The van der Waals surface area contributed by atoms with Crippen LogP contribution in [0.2, 0.25) is 0 Å². The summed E-state index contributed by atoms with van der Waals surface area (Å²) in [6.07, 6.45) is 4.67. The first-order chi connectivity index (χ1) is 11.7. The first kappa shape index (κ1) is 16.5. The molecule has 7 nitrogen and oxygen atoms in total. The third kappa shape index (κ3) is 3.60. The predicted molar refractivity (Wildman–Crippen MR) is 95.1 cm³/mol. The molecule has 0 amide bonds. The van der Waals surface area contributed by atoms with Crippen LogP contribution in [0.4, 0.5) is 5.69 Å². The van der Waals surface area contributed by atoms with Gasteiger partial charge in [-0.25, -0.2) is 0 Å². The van der Waals surface area contributed by atoms with Gasteiger partial charge in [-0.1, -0.05) is 5.18 Å². The number of anilines is 1. The molecule has 8 heteroatoms. The molecule has 3 N–H and O–H groups in total. The standard InChI is InChI=1S/C16H19N5O2S/c1-10-14(7-11(17)4-5-20-22)24-16-13(9-19-21-15(10)16)18-8-12-3-2-6-23-12/h2-3,6,9,11H,4-5,7-8,17H2,1H3,(H,18,21). The van der Waals surface area contributed by atoms with Gasteiger partial charge in [-0.3, -0.25) is 0 Å². The predicted octanol–water partition coefficient (Wildman–Crippen LogP) is 3.23. The highest BCUT2D eigenvalue weighted by atomic mass is 32.1. The van der Waals surface area contributed by atoms with Crippen molar-refractivity contribution in [3.8, 4) is 0 Å².